The molecule has 0 saturated carbocycles. The van der Waals surface area contributed by atoms with Crippen LogP contribution >= 0.6 is 27.3 Å². The SMILES string of the molecule is CCn1c(=O)c2ccccc2n2c(CN(C)Cc3cc(Br)cs3)nnc12. The zero-order valence-corrected chi connectivity index (χ0v) is 16.9. The van der Waals surface area contributed by atoms with E-state index >= 15 is 0 Å². The number of para-hydroxylation sites is 1. The molecule has 0 amide bonds. The molecule has 0 aliphatic carbocycles. The second-order valence-corrected chi connectivity index (χ2v) is 8.13. The van der Waals surface area contributed by atoms with E-state index in [1.54, 1.807) is 15.9 Å². The minimum absolute atomic E-state index is 0.0219. The van der Waals surface area contributed by atoms with Gasteiger partial charge in [0.25, 0.3) is 5.56 Å². The van der Waals surface area contributed by atoms with Gasteiger partial charge in [-0.25, -0.2) is 0 Å². The van der Waals surface area contributed by atoms with Crippen LogP contribution in [0.25, 0.3) is 16.7 Å². The average molecular weight is 432 g/mol. The number of rotatable bonds is 5. The van der Waals surface area contributed by atoms with Crippen molar-refractivity contribution in [2.75, 3.05) is 7.05 Å². The molecule has 8 heteroatoms. The molecule has 0 bridgehead atoms. The van der Waals surface area contributed by atoms with Gasteiger partial charge in [-0.3, -0.25) is 18.7 Å². The maximum atomic E-state index is 12.7. The van der Waals surface area contributed by atoms with Crippen LogP contribution in [-0.2, 0) is 19.6 Å². The average Bonchev–Trinajstić information content (AvgIpc) is 3.22. The van der Waals surface area contributed by atoms with Gasteiger partial charge < -0.3 is 0 Å². The van der Waals surface area contributed by atoms with Gasteiger partial charge in [-0.05, 0) is 48.1 Å². The van der Waals surface area contributed by atoms with Gasteiger partial charge in [0, 0.05) is 27.8 Å². The summed E-state index contributed by atoms with van der Waals surface area (Å²) in [7, 11) is 2.06. The summed E-state index contributed by atoms with van der Waals surface area (Å²) in [6.45, 7) is 3.98. The number of nitrogens with zero attached hydrogens (tertiary/aromatic N) is 5. The van der Waals surface area contributed by atoms with E-state index in [1.807, 2.05) is 35.6 Å². The fraction of sp³-hybridized carbons (Fsp3) is 0.278. The normalized spacial score (nSPS) is 11.8. The van der Waals surface area contributed by atoms with Crippen LogP contribution in [0.4, 0.5) is 0 Å². The molecular weight excluding hydrogens is 414 g/mol. The molecule has 0 N–H and O–H groups in total. The Morgan fingerprint density at radius 2 is 2.04 bits per heavy atom. The fourth-order valence-electron chi connectivity index (χ4n) is 3.20. The summed E-state index contributed by atoms with van der Waals surface area (Å²) in [5.74, 6) is 1.43. The number of hydrogen-bond acceptors (Lipinski definition) is 5. The van der Waals surface area contributed by atoms with Crippen molar-refractivity contribution in [1.29, 1.82) is 0 Å². The number of benzene rings is 1. The molecule has 6 nitrogen and oxygen atoms in total. The molecule has 0 saturated heterocycles. The Morgan fingerprint density at radius 3 is 2.77 bits per heavy atom. The Morgan fingerprint density at radius 1 is 1.23 bits per heavy atom. The molecule has 0 spiro atoms. The maximum Gasteiger partial charge on any atom is 0.262 e. The van der Waals surface area contributed by atoms with Crippen molar-refractivity contribution in [3.8, 4) is 0 Å². The number of aromatic nitrogens is 4. The Hall–Kier alpha value is -2.03. The Balaban J connectivity index is 1.78. The number of hydrogen-bond donors (Lipinski definition) is 0. The molecule has 1 aromatic carbocycles. The van der Waals surface area contributed by atoms with Crippen LogP contribution < -0.4 is 5.56 Å². The van der Waals surface area contributed by atoms with Crippen LogP contribution in [0, 0.1) is 0 Å². The van der Waals surface area contributed by atoms with Crippen LogP contribution in [0.15, 0.2) is 45.0 Å². The van der Waals surface area contributed by atoms with Crippen molar-refractivity contribution in [1.82, 2.24) is 24.1 Å². The highest BCUT2D eigenvalue weighted by molar-refractivity contribution is 9.10. The van der Waals surface area contributed by atoms with Crippen LogP contribution in [0.2, 0.25) is 0 Å². The van der Waals surface area contributed by atoms with E-state index in [4.69, 9.17) is 0 Å². The number of aryl methyl sites for hydroxylation is 1. The van der Waals surface area contributed by atoms with Gasteiger partial charge in [-0.2, -0.15) is 0 Å². The highest BCUT2D eigenvalue weighted by atomic mass is 79.9. The van der Waals surface area contributed by atoms with E-state index < -0.39 is 0 Å². The highest BCUT2D eigenvalue weighted by Crippen LogP contribution is 2.22. The molecule has 3 aromatic heterocycles. The van der Waals surface area contributed by atoms with Crippen LogP contribution in [0.1, 0.15) is 17.6 Å². The minimum atomic E-state index is -0.0219. The quantitative estimate of drug-likeness (QED) is 0.484. The highest BCUT2D eigenvalue weighted by Gasteiger charge is 2.16. The predicted molar refractivity (Wildman–Crippen MR) is 108 cm³/mol. The van der Waals surface area contributed by atoms with Crippen molar-refractivity contribution in [2.45, 2.75) is 26.6 Å². The summed E-state index contributed by atoms with van der Waals surface area (Å²) in [4.78, 5) is 16.2. The first kappa shape index (κ1) is 17.4. The lowest BCUT2D eigenvalue weighted by molar-refractivity contribution is 0.312. The summed E-state index contributed by atoms with van der Waals surface area (Å²) in [5.41, 5.74) is 0.829. The maximum absolute atomic E-state index is 12.7. The molecule has 4 rings (SSSR count). The Bertz CT molecular complexity index is 1150. The van der Waals surface area contributed by atoms with Crippen molar-refractivity contribution < 1.29 is 0 Å². The van der Waals surface area contributed by atoms with Gasteiger partial charge in [0.05, 0.1) is 17.4 Å². The van der Waals surface area contributed by atoms with Gasteiger partial charge in [0.2, 0.25) is 5.78 Å². The lowest BCUT2D eigenvalue weighted by atomic mass is 10.2. The van der Waals surface area contributed by atoms with Crippen molar-refractivity contribution >= 4 is 43.9 Å². The first-order chi connectivity index (χ1) is 12.6. The zero-order chi connectivity index (χ0) is 18.3. The molecule has 0 unspecified atom stereocenters. The molecule has 0 atom stereocenters. The third-order valence-electron chi connectivity index (χ3n) is 4.35. The van der Waals surface area contributed by atoms with E-state index in [0.29, 0.717) is 24.3 Å². The monoisotopic (exact) mass is 431 g/mol. The van der Waals surface area contributed by atoms with Gasteiger partial charge in [-0.1, -0.05) is 12.1 Å². The molecule has 0 aliphatic rings. The minimum Gasteiger partial charge on any atom is -0.294 e. The molecule has 26 heavy (non-hydrogen) atoms. The van der Waals surface area contributed by atoms with E-state index in [-0.39, 0.29) is 5.56 Å². The second-order valence-electron chi connectivity index (χ2n) is 6.22. The predicted octanol–water partition coefficient (Wildman–Crippen LogP) is 3.52. The van der Waals surface area contributed by atoms with Crippen molar-refractivity contribution in [2.24, 2.45) is 0 Å². The Labute approximate surface area is 162 Å². The summed E-state index contributed by atoms with van der Waals surface area (Å²) in [5, 5.41) is 11.5. The number of halogens is 1. The van der Waals surface area contributed by atoms with Gasteiger partial charge >= 0.3 is 0 Å². The van der Waals surface area contributed by atoms with Crippen LogP contribution in [0.3, 0.4) is 0 Å². The van der Waals surface area contributed by atoms with E-state index in [2.05, 4.69) is 49.5 Å². The molecule has 134 valence electrons. The third kappa shape index (κ3) is 2.98. The largest absolute Gasteiger partial charge is 0.294 e. The summed E-state index contributed by atoms with van der Waals surface area (Å²) >= 11 is 5.23. The van der Waals surface area contributed by atoms with Crippen LogP contribution in [-0.4, -0.2) is 31.1 Å². The van der Waals surface area contributed by atoms with Crippen molar-refractivity contribution in [3.63, 3.8) is 0 Å². The van der Waals surface area contributed by atoms with Crippen molar-refractivity contribution in [3.05, 3.63) is 61.2 Å². The summed E-state index contributed by atoms with van der Waals surface area (Å²) in [6, 6.07) is 9.77. The number of fused-ring (bicyclic) bond motifs is 3. The van der Waals surface area contributed by atoms with Crippen LogP contribution in [0.5, 0.6) is 0 Å². The van der Waals surface area contributed by atoms with Gasteiger partial charge in [0.15, 0.2) is 5.82 Å². The van der Waals surface area contributed by atoms with E-state index in [1.165, 1.54) is 4.88 Å². The molecule has 4 aromatic rings. The Kier molecular flexibility index (Phi) is 4.64. The summed E-state index contributed by atoms with van der Waals surface area (Å²) in [6.07, 6.45) is 0. The third-order valence-corrected chi connectivity index (χ3v) is 6.03. The standard InChI is InChI=1S/C18H18BrN5OS/c1-3-23-17(25)14-6-4-5-7-15(14)24-16(20-21-18(23)24)10-22(2)9-13-8-12(19)11-26-13/h4-8,11H,3,9-10H2,1-2H3. The fourth-order valence-corrected chi connectivity index (χ4v) is 4.73. The zero-order valence-electron chi connectivity index (χ0n) is 14.5. The first-order valence-corrected chi connectivity index (χ1v) is 10.0. The topological polar surface area (TPSA) is 55.4 Å². The molecule has 3 heterocycles. The van der Waals surface area contributed by atoms with E-state index in [0.717, 1.165) is 22.4 Å². The lowest BCUT2D eigenvalue weighted by Gasteiger charge is -2.15. The van der Waals surface area contributed by atoms with E-state index in [9.17, 15) is 4.79 Å². The smallest absolute Gasteiger partial charge is 0.262 e. The summed E-state index contributed by atoms with van der Waals surface area (Å²) < 4.78 is 4.79. The van der Waals surface area contributed by atoms with Gasteiger partial charge in [0.1, 0.15) is 0 Å². The second kappa shape index (κ2) is 6.94. The molecular formula is C18H18BrN5OS. The lowest BCUT2D eigenvalue weighted by Crippen LogP contribution is -2.23. The number of thiophene rings is 1. The van der Waals surface area contributed by atoms with Gasteiger partial charge in [-0.15, -0.1) is 21.5 Å². The first-order valence-electron chi connectivity index (χ1n) is 8.35. The molecule has 0 radical (unpaired) electrons. The molecule has 0 fully saturated rings. The molecule has 0 aliphatic heterocycles.